The number of carbonyl (C=O) groups is 3. The van der Waals surface area contributed by atoms with Crippen LogP contribution in [0, 0.1) is 0 Å². The average Bonchev–Trinajstić information content (AvgIpc) is 1.95. The number of aliphatic hydroxyl groups is 1. The van der Waals surface area contributed by atoms with Gasteiger partial charge < -0.3 is 54.0 Å². The second-order valence-corrected chi connectivity index (χ2v) is 4.14. The minimum Gasteiger partial charge on any atom is -0.794 e. The number of aliphatic carboxylic acids is 3. The van der Waals surface area contributed by atoms with Gasteiger partial charge in [0.15, 0.2) is 0 Å². The molecule has 0 saturated carbocycles. The minimum absolute atomic E-state index is 0. The molecule has 0 aromatic heterocycles. The molecule has 0 fully saturated rings. The Morgan fingerprint density at radius 1 is 0.900 bits per heavy atom. The smallest absolute Gasteiger partial charge is 0.794 e. The van der Waals surface area contributed by atoms with E-state index in [1.54, 1.807) is 0 Å². The second-order valence-electron chi connectivity index (χ2n) is 2.99. The third kappa shape index (κ3) is 21.2. The first-order valence-electron chi connectivity index (χ1n) is 3.99. The van der Waals surface area contributed by atoms with Crippen LogP contribution >= 0.6 is 0 Å². The Bertz CT molecular complexity index is 305. The van der Waals surface area contributed by atoms with Crippen molar-refractivity contribution in [1.29, 1.82) is 0 Å². The predicted octanol–water partition coefficient (Wildman–Crippen LogP) is -9.26. The standard InChI is InChI=1S/C6H8O7.2Ca.H3O4Si/c7-3(8)1-6(13,5(11)12)2-4(9)10;;;1-5(2,3)4/h13H,1-2H2,(H,7,8)(H,9,10)(H,11,12);;;1-3H/q;2*+2;-1/p-3. The maximum absolute atomic E-state index is 10.1. The van der Waals surface area contributed by atoms with Crippen molar-refractivity contribution in [2.24, 2.45) is 0 Å². The first-order chi connectivity index (χ1) is 7.78. The molecule has 0 aliphatic rings. The van der Waals surface area contributed by atoms with Gasteiger partial charge in [-0.1, -0.05) is 0 Å². The third-order valence-electron chi connectivity index (χ3n) is 1.25. The van der Waals surface area contributed by atoms with Gasteiger partial charge in [0.1, 0.15) is 5.60 Å². The molecule has 0 amide bonds. The van der Waals surface area contributed by atoms with E-state index < -0.39 is 45.4 Å². The molecular formula is C6H8Ca2O11Si. The fourth-order valence-corrected chi connectivity index (χ4v) is 0.684. The Morgan fingerprint density at radius 3 is 1.20 bits per heavy atom. The van der Waals surface area contributed by atoms with Gasteiger partial charge in [-0.3, -0.25) is 0 Å². The summed E-state index contributed by atoms with van der Waals surface area (Å²) >= 11 is 0. The Hall–Kier alpha value is 0.946. The number of hydrogen-bond donors (Lipinski definition) is 4. The Morgan fingerprint density at radius 2 is 1.10 bits per heavy atom. The van der Waals surface area contributed by atoms with Crippen LogP contribution in [0.2, 0.25) is 0 Å². The normalized spacial score (nSPS) is 10.1. The van der Waals surface area contributed by atoms with Crippen LogP contribution in [0.25, 0.3) is 0 Å². The summed E-state index contributed by atoms with van der Waals surface area (Å²) in [5.74, 6) is -5.98. The summed E-state index contributed by atoms with van der Waals surface area (Å²) in [6.07, 6.45) is -2.72. The van der Waals surface area contributed by atoms with Crippen molar-refractivity contribution in [1.82, 2.24) is 0 Å². The molecule has 14 heteroatoms. The third-order valence-corrected chi connectivity index (χ3v) is 1.25. The fourth-order valence-electron chi connectivity index (χ4n) is 0.684. The molecule has 0 saturated heterocycles. The Kier molecular flexibility index (Phi) is 18.1. The number of carboxylic acid groups (broad SMARTS) is 3. The molecule has 0 rings (SSSR count). The van der Waals surface area contributed by atoms with Gasteiger partial charge >= 0.3 is 84.5 Å². The number of carboxylic acids is 3. The molecule has 0 radical (unpaired) electrons. The van der Waals surface area contributed by atoms with Crippen molar-refractivity contribution >= 4 is 102 Å². The van der Waals surface area contributed by atoms with Crippen molar-refractivity contribution in [2.45, 2.75) is 18.4 Å². The van der Waals surface area contributed by atoms with E-state index in [4.69, 9.17) is 24.3 Å². The van der Waals surface area contributed by atoms with E-state index in [0.717, 1.165) is 0 Å². The molecule has 0 aliphatic heterocycles. The maximum Gasteiger partial charge on any atom is 2.00 e. The number of carbonyl (C=O) groups excluding carboxylic acids is 3. The van der Waals surface area contributed by atoms with Gasteiger partial charge in [-0.15, -0.1) is 0 Å². The van der Waals surface area contributed by atoms with Gasteiger partial charge in [0, 0.05) is 24.8 Å². The van der Waals surface area contributed by atoms with Crippen molar-refractivity contribution in [2.75, 3.05) is 0 Å². The topological polar surface area (TPSA) is 224 Å². The van der Waals surface area contributed by atoms with E-state index >= 15 is 0 Å². The summed E-state index contributed by atoms with van der Waals surface area (Å²) in [5.41, 5.74) is -2.97. The monoisotopic (exact) mass is 364 g/mol. The first kappa shape index (κ1) is 29.0. The maximum atomic E-state index is 10.1. The van der Waals surface area contributed by atoms with Crippen molar-refractivity contribution in [3.05, 3.63) is 0 Å². The molecule has 0 aliphatic carbocycles. The molecule has 0 aromatic rings. The van der Waals surface area contributed by atoms with E-state index in [1.807, 2.05) is 0 Å². The van der Waals surface area contributed by atoms with Gasteiger partial charge in [-0.05, 0) is 0 Å². The summed E-state index contributed by atoms with van der Waals surface area (Å²) in [6.45, 7) is 0. The zero-order valence-electron chi connectivity index (χ0n) is 9.98. The van der Waals surface area contributed by atoms with Crippen LogP contribution in [0.1, 0.15) is 12.8 Å². The fraction of sp³-hybridized carbons (Fsp3) is 0.500. The van der Waals surface area contributed by atoms with Gasteiger partial charge in [-0.25, -0.2) is 0 Å². The zero-order valence-corrected chi connectivity index (χ0v) is 15.4. The van der Waals surface area contributed by atoms with E-state index in [9.17, 15) is 29.7 Å². The molecule has 20 heavy (non-hydrogen) atoms. The van der Waals surface area contributed by atoms with E-state index in [1.165, 1.54) is 0 Å². The molecular weight excluding hydrogens is 356 g/mol. The van der Waals surface area contributed by atoms with Crippen LogP contribution in [-0.4, -0.2) is 128 Å². The first-order valence-corrected chi connectivity index (χ1v) is 5.74. The summed E-state index contributed by atoms with van der Waals surface area (Å²) in [4.78, 5) is 60.6. The molecule has 106 valence electrons. The van der Waals surface area contributed by atoms with Gasteiger partial charge in [0.2, 0.25) is 0 Å². The summed E-state index contributed by atoms with van der Waals surface area (Å²) in [5, 5.41) is 38.9. The molecule has 11 nitrogen and oxygen atoms in total. The van der Waals surface area contributed by atoms with Crippen molar-refractivity contribution in [3.8, 4) is 0 Å². The van der Waals surface area contributed by atoms with Gasteiger partial charge in [-0.2, -0.15) is 0 Å². The molecule has 0 heterocycles. The SMILES string of the molecule is O=C([O-])CC(O)(CC(=O)[O-])C(=O)[O-].[Ca+2].[Ca+2].[O-][Si](O)(O)O. The second kappa shape index (κ2) is 12.5. The predicted molar refractivity (Wildman–Crippen MR) is 53.1 cm³/mol. The summed E-state index contributed by atoms with van der Waals surface area (Å²) in [7, 11) is -4.86. The van der Waals surface area contributed by atoms with Gasteiger partial charge in [0.25, 0.3) is 0 Å². The van der Waals surface area contributed by atoms with E-state index in [-0.39, 0.29) is 75.5 Å². The number of rotatable bonds is 5. The quantitative estimate of drug-likeness (QED) is 0.335. The Labute approximate surface area is 173 Å². The molecule has 0 spiro atoms. The van der Waals surface area contributed by atoms with Gasteiger partial charge in [0.05, 0.1) is 5.97 Å². The number of hydrogen-bond acceptors (Lipinski definition) is 11. The van der Waals surface area contributed by atoms with E-state index in [0.29, 0.717) is 0 Å². The average molecular weight is 364 g/mol. The van der Waals surface area contributed by atoms with Crippen LogP contribution < -0.4 is 20.1 Å². The minimum atomic E-state index is -4.86. The Balaban J connectivity index is -0.000000158. The van der Waals surface area contributed by atoms with Crippen LogP contribution in [0.5, 0.6) is 0 Å². The summed E-state index contributed by atoms with van der Waals surface area (Å²) < 4.78 is 0. The van der Waals surface area contributed by atoms with Crippen molar-refractivity contribution < 1.29 is 54.0 Å². The molecule has 0 aromatic carbocycles. The van der Waals surface area contributed by atoms with Crippen LogP contribution in [0.15, 0.2) is 0 Å². The molecule has 4 N–H and O–H groups in total. The van der Waals surface area contributed by atoms with Crippen molar-refractivity contribution in [3.63, 3.8) is 0 Å². The van der Waals surface area contributed by atoms with Crippen LogP contribution in [0.3, 0.4) is 0 Å². The molecule has 0 bridgehead atoms. The molecule has 0 atom stereocenters. The summed E-state index contributed by atoms with van der Waals surface area (Å²) in [6, 6.07) is 0. The largest absolute Gasteiger partial charge is 2.00 e. The molecule has 0 unspecified atom stereocenters. The van der Waals surface area contributed by atoms with E-state index in [2.05, 4.69) is 0 Å². The zero-order chi connectivity index (χ0) is 15.1. The van der Waals surface area contributed by atoms with Crippen LogP contribution in [-0.2, 0) is 14.4 Å². The van der Waals surface area contributed by atoms with Crippen LogP contribution in [0.4, 0.5) is 0 Å².